The average molecular weight is 306 g/mol. The zero-order chi connectivity index (χ0) is 18.2. The summed E-state index contributed by atoms with van der Waals surface area (Å²) in [7, 11) is 1.00. The van der Waals surface area contributed by atoms with E-state index in [2.05, 4.69) is 0 Å². The second-order valence-corrected chi connectivity index (χ2v) is 5.90. The van der Waals surface area contributed by atoms with Crippen LogP contribution in [0.4, 0.5) is 0 Å². The van der Waals surface area contributed by atoms with Crippen LogP contribution in [0.5, 0.6) is 0 Å². The van der Waals surface area contributed by atoms with Gasteiger partial charge in [-0.05, 0) is 47.5 Å². The molecule has 0 spiro atoms. The molecule has 0 bridgehead atoms. The molecule has 0 rings (SSSR count). The van der Waals surface area contributed by atoms with E-state index in [0.29, 0.717) is 5.92 Å². The van der Waals surface area contributed by atoms with Gasteiger partial charge in [-0.15, -0.1) is 0 Å². The molecule has 0 amide bonds. The normalized spacial score (nSPS) is 9.14. The van der Waals surface area contributed by atoms with Gasteiger partial charge in [0.15, 0.2) is 0 Å². The van der Waals surface area contributed by atoms with Crippen LogP contribution in [0.25, 0.3) is 0 Å². The molecule has 0 atom stereocenters. The Hall–Kier alpha value is -1.07. The average Bonchev–Trinajstić information content (AvgIpc) is 2.13. The summed E-state index contributed by atoms with van der Waals surface area (Å²) < 4.78 is 0. The molecule has 5 nitrogen and oxygen atoms in total. The number of ketones is 3. The van der Waals surface area contributed by atoms with Crippen molar-refractivity contribution >= 4 is 17.3 Å². The molecule has 0 aromatic rings. The lowest BCUT2D eigenvalue weighted by atomic mass is 10.0. The minimum Gasteiger partial charge on any atom is -0.400 e. The van der Waals surface area contributed by atoms with Gasteiger partial charge >= 0.3 is 0 Å². The van der Waals surface area contributed by atoms with E-state index in [1.807, 2.05) is 13.8 Å². The third-order valence-electron chi connectivity index (χ3n) is 1.38. The molecule has 0 saturated heterocycles. The number of rotatable bonds is 4. The highest BCUT2D eigenvalue weighted by Gasteiger charge is 2.13. The minimum atomic E-state index is -0.828. The van der Waals surface area contributed by atoms with Crippen LogP contribution < -0.4 is 0 Å². The number of carbonyl (C=O) groups is 3. The Kier molecular flexibility index (Phi) is 22.8. The van der Waals surface area contributed by atoms with Crippen LogP contribution in [0.15, 0.2) is 0 Å². The van der Waals surface area contributed by atoms with Crippen molar-refractivity contribution in [2.45, 2.75) is 73.8 Å². The van der Waals surface area contributed by atoms with Gasteiger partial charge in [-0.25, -0.2) is 0 Å². The second kappa shape index (κ2) is 17.0. The Bertz CT molecular complexity index is 271. The maximum Gasteiger partial charge on any atom is 0.132 e. The lowest BCUT2D eigenvalue weighted by Gasteiger charge is -2.13. The van der Waals surface area contributed by atoms with Crippen molar-refractivity contribution in [3.05, 3.63) is 0 Å². The van der Waals surface area contributed by atoms with E-state index in [1.54, 1.807) is 20.8 Å². The van der Waals surface area contributed by atoms with Crippen LogP contribution >= 0.6 is 0 Å². The molecule has 0 heterocycles. The van der Waals surface area contributed by atoms with Crippen molar-refractivity contribution in [1.82, 2.24) is 0 Å². The summed E-state index contributed by atoms with van der Waals surface area (Å²) in [5, 5.41) is 16.0. The Morgan fingerprint density at radius 3 is 1.19 bits per heavy atom. The largest absolute Gasteiger partial charge is 0.400 e. The molecule has 0 radical (unpaired) electrons. The van der Waals surface area contributed by atoms with Crippen molar-refractivity contribution in [2.24, 2.45) is 5.92 Å². The fraction of sp³-hybridized carbons (Fsp3) is 0.812. The Morgan fingerprint density at radius 2 is 1.19 bits per heavy atom. The van der Waals surface area contributed by atoms with Gasteiger partial charge in [-0.1, -0.05) is 13.8 Å². The fourth-order valence-corrected chi connectivity index (χ4v) is 1.18. The van der Waals surface area contributed by atoms with Crippen LogP contribution in [0.2, 0.25) is 0 Å². The molecule has 0 aliphatic heterocycles. The molecule has 0 aliphatic carbocycles. The lowest BCUT2D eigenvalue weighted by Crippen LogP contribution is -2.21. The predicted octanol–water partition coefficient (Wildman–Crippen LogP) is 2.56. The standard InChI is InChI=1S/C6H12O2.C6H12O.C3H6O.CH4O/c1-5(7)4-6(2,3)8;1-5(2)4-6(3)7;1-3(2)4;1-2/h8H,4H2,1-3H3;5H,4H2,1-3H3;1-2H3;2H,1H3. The van der Waals surface area contributed by atoms with Crippen LogP contribution in [-0.2, 0) is 14.4 Å². The highest BCUT2D eigenvalue weighted by molar-refractivity contribution is 5.76. The Morgan fingerprint density at radius 1 is 0.905 bits per heavy atom. The molecule has 21 heavy (non-hydrogen) atoms. The van der Waals surface area contributed by atoms with Crippen LogP contribution in [0.3, 0.4) is 0 Å². The van der Waals surface area contributed by atoms with E-state index in [1.165, 1.54) is 20.8 Å². The summed E-state index contributed by atoms with van der Waals surface area (Å²) in [5.41, 5.74) is -0.828. The van der Waals surface area contributed by atoms with Crippen molar-refractivity contribution < 1.29 is 24.6 Å². The quantitative estimate of drug-likeness (QED) is 0.833. The van der Waals surface area contributed by atoms with Gasteiger partial charge in [0.25, 0.3) is 0 Å². The van der Waals surface area contributed by atoms with E-state index in [9.17, 15) is 14.4 Å². The number of Topliss-reactive ketones (excluding diaryl/α,β-unsaturated/α-hetero) is 3. The summed E-state index contributed by atoms with van der Waals surface area (Å²) >= 11 is 0. The number of carbonyl (C=O) groups excluding carboxylic acids is 3. The van der Waals surface area contributed by atoms with Gasteiger partial charge in [-0.2, -0.15) is 0 Å². The smallest absolute Gasteiger partial charge is 0.132 e. The molecule has 5 heteroatoms. The van der Waals surface area contributed by atoms with Gasteiger partial charge in [0, 0.05) is 20.0 Å². The zero-order valence-corrected chi connectivity index (χ0v) is 15.1. The number of hydrogen-bond acceptors (Lipinski definition) is 5. The molecule has 0 fully saturated rings. The molecule has 0 aliphatic rings. The third-order valence-corrected chi connectivity index (χ3v) is 1.38. The van der Waals surface area contributed by atoms with Gasteiger partial charge in [0.1, 0.15) is 17.3 Å². The minimum absolute atomic E-state index is 0.0255. The topological polar surface area (TPSA) is 91.7 Å². The Labute approximate surface area is 129 Å². The highest BCUT2D eigenvalue weighted by atomic mass is 16.3. The number of aliphatic hydroxyl groups excluding tert-OH is 1. The molecule has 0 unspecified atom stereocenters. The van der Waals surface area contributed by atoms with Crippen LogP contribution in [-0.4, -0.2) is 40.3 Å². The molecular weight excluding hydrogens is 272 g/mol. The number of aliphatic hydroxyl groups is 2. The fourth-order valence-electron chi connectivity index (χ4n) is 1.18. The van der Waals surface area contributed by atoms with Crippen LogP contribution in [0.1, 0.15) is 68.2 Å². The van der Waals surface area contributed by atoms with E-state index in [4.69, 9.17) is 10.2 Å². The molecular formula is C16H34O5. The van der Waals surface area contributed by atoms with Gasteiger partial charge < -0.3 is 19.8 Å². The van der Waals surface area contributed by atoms with Crippen molar-refractivity contribution in [3.63, 3.8) is 0 Å². The highest BCUT2D eigenvalue weighted by Crippen LogP contribution is 2.06. The summed E-state index contributed by atoms with van der Waals surface area (Å²) in [6.07, 6.45) is 0.965. The lowest BCUT2D eigenvalue weighted by molar-refractivity contribution is -0.121. The first-order valence-corrected chi connectivity index (χ1v) is 6.91. The van der Waals surface area contributed by atoms with Gasteiger partial charge in [0.05, 0.1) is 5.60 Å². The van der Waals surface area contributed by atoms with Gasteiger partial charge in [-0.3, -0.25) is 4.79 Å². The maximum absolute atomic E-state index is 10.3. The van der Waals surface area contributed by atoms with Crippen molar-refractivity contribution in [1.29, 1.82) is 0 Å². The number of hydrogen-bond donors (Lipinski definition) is 2. The molecule has 0 aromatic carbocycles. The maximum atomic E-state index is 10.3. The Balaban J connectivity index is -0.000000102. The van der Waals surface area contributed by atoms with E-state index in [-0.39, 0.29) is 23.8 Å². The first-order chi connectivity index (χ1) is 9.27. The van der Waals surface area contributed by atoms with E-state index in [0.717, 1.165) is 13.5 Å². The van der Waals surface area contributed by atoms with Gasteiger partial charge in [0.2, 0.25) is 0 Å². The molecule has 0 saturated carbocycles. The summed E-state index contributed by atoms with van der Waals surface area (Å²) in [6.45, 7) is 13.5. The van der Waals surface area contributed by atoms with Crippen molar-refractivity contribution in [3.8, 4) is 0 Å². The first-order valence-electron chi connectivity index (χ1n) is 6.91. The van der Waals surface area contributed by atoms with Crippen molar-refractivity contribution in [2.75, 3.05) is 7.11 Å². The summed E-state index contributed by atoms with van der Waals surface area (Å²) in [6, 6.07) is 0. The molecule has 128 valence electrons. The third kappa shape index (κ3) is 86.3. The molecule has 0 aromatic heterocycles. The second-order valence-electron chi connectivity index (χ2n) is 5.90. The van der Waals surface area contributed by atoms with Crippen LogP contribution in [0, 0.1) is 5.92 Å². The monoisotopic (exact) mass is 306 g/mol. The molecule has 2 N–H and O–H groups in total. The SMILES string of the molecule is CC(=O)CC(C)(C)O.CC(=O)CC(C)C.CC(C)=O.CO. The zero-order valence-electron chi connectivity index (χ0n) is 15.1. The van der Waals surface area contributed by atoms with E-state index >= 15 is 0 Å². The predicted molar refractivity (Wildman–Crippen MR) is 86.2 cm³/mol. The summed E-state index contributed by atoms with van der Waals surface area (Å²) in [5.74, 6) is 1.00. The first kappa shape index (κ1) is 28.1. The summed E-state index contributed by atoms with van der Waals surface area (Å²) in [4.78, 5) is 30.0. The van der Waals surface area contributed by atoms with E-state index < -0.39 is 5.60 Å².